The second-order valence-corrected chi connectivity index (χ2v) is 6.79. The molecular formula is C16H21N3O2S2. The number of hydrogen-bond acceptors (Lipinski definition) is 6. The van der Waals surface area contributed by atoms with Crippen LogP contribution in [0, 0.1) is 0 Å². The zero-order valence-electron chi connectivity index (χ0n) is 13.4. The van der Waals surface area contributed by atoms with E-state index < -0.39 is 0 Å². The van der Waals surface area contributed by atoms with Crippen molar-refractivity contribution in [2.24, 2.45) is 0 Å². The Morgan fingerprint density at radius 2 is 2.30 bits per heavy atom. The molecule has 2 aromatic heterocycles. The van der Waals surface area contributed by atoms with Crippen molar-refractivity contribution in [1.82, 2.24) is 14.8 Å². The standard InChI is InChI=1S/C16H21N3O2S2/c1-4-7-13-9-12(10-22-13)15-17-18-16(19(15)8-5-2)23-11-14(20)21-6-3/h5,9-10H,2,4,6-8,11H2,1,3H3. The molecule has 0 unspecified atom stereocenters. The van der Waals surface area contributed by atoms with Gasteiger partial charge >= 0.3 is 5.97 Å². The van der Waals surface area contributed by atoms with E-state index >= 15 is 0 Å². The van der Waals surface area contributed by atoms with E-state index in [0.717, 1.165) is 24.2 Å². The third-order valence-electron chi connectivity index (χ3n) is 3.06. The number of ether oxygens (including phenoxy) is 1. The first-order chi connectivity index (χ1) is 11.2. The Balaban J connectivity index is 2.19. The number of rotatable bonds is 9. The number of aromatic nitrogens is 3. The number of aryl methyl sites for hydroxylation is 1. The first-order valence-corrected chi connectivity index (χ1v) is 9.46. The van der Waals surface area contributed by atoms with Crippen LogP contribution in [0.2, 0.25) is 0 Å². The van der Waals surface area contributed by atoms with Crippen LogP contribution in [-0.2, 0) is 22.5 Å². The Morgan fingerprint density at radius 3 is 3.00 bits per heavy atom. The lowest BCUT2D eigenvalue weighted by atomic mass is 10.2. The quantitative estimate of drug-likeness (QED) is 0.391. The van der Waals surface area contributed by atoms with Crippen LogP contribution in [0.5, 0.6) is 0 Å². The van der Waals surface area contributed by atoms with Crippen molar-refractivity contribution in [3.05, 3.63) is 29.0 Å². The van der Waals surface area contributed by atoms with E-state index in [0.29, 0.717) is 18.3 Å². The van der Waals surface area contributed by atoms with Gasteiger partial charge in [-0.2, -0.15) is 0 Å². The summed E-state index contributed by atoms with van der Waals surface area (Å²) in [5.74, 6) is 0.802. The van der Waals surface area contributed by atoms with E-state index in [1.165, 1.54) is 16.6 Å². The molecule has 5 nitrogen and oxygen atoms in total. The summed E-state index contributed by atoms with van der Waals surface area (Å²) in [4.78, 5) is 12.9. The molecule has 0 aliphatic heterocycles. The van der Waals surface area contributed by atoms with Crippen LogP contribution in [0.1, 0.15) is 25.1 Å². The van der Waals surface area contributed by atoms with E-state index in [1.54, 1.807) is 24.3 Å². The molecule has 0 radical (unpaired) electrons. The highest BCUT2D eigenvalue weighted by molar-refractivity contribution is 7.99. The molecule has 2 rings (SSSR count). The molecule has 0 aliphatic rings. The summed E-state index contributed by atoms with van der Waals surface area (Å²) < 4.78 is 6.93. The van der Waals surface area contributed by atoms with Gasteiger partial charge in [-0.05, 0) is 19.4 Å². The summed E-state index contributed by atoms with van der Waals surface area (Å²) in [5, 5.41) is 11.3. The first-order valence-electron chi connectivity index (χ1n) is 7.59. The zero-order valence-corrected chi connectivity index (χ0v) is 15.1. The lowest BCUT2D eigenvalue weighted by Gasteiger charge is -2.06. The molecule has 0 aliphatic carbocycles. The van der Waals surface area contributed by atoms with Gasteiger partial charge < -0.3 is 4.74 Å². The average Bonchev–Trinajstić information content (AvgIpc) is 3.13. The smallest absolute Gasteiger partial charge is 0.316 e. The summed E-state index contributed by atoms with van der Waals surface area (Å²) in [6.07, 6.45) is 4.01. The second kappa shape index (κ2) is 8.88. The number of thiophene rings is 1. The number of esters is 1. The highest BCUT2D eigenvalue weighted by Crippen LogP contribution is 2.28. The maximum Gasteiger partial charge on any atom is 0.316 e. The van der Waals surface area contributed by atoms with Crippen LogP contribution >= 0.6 is 23.1 Å². The largest absolute Gasteiger partial charge is 0.465 e. The number of thioether (sulfide) groups is 1. The predicted octanol–water partition coefficient (Wildman–Crippen LogP) is 3.80. The molecule has 0 saturated heterocycles. The summed E-state index contributed by atoms with van der Waals surface area (Å²) in [6, 6.07) is 2.16. The Labute approximate surface area is 144 Å². The van der Waals surface area contributed by atoms with Crippen LogP contribution < -0.4 is 0 Å². The molecule has 7 heteroatoms. The molecule has 0 atom stereocenters. The summed E-state index contributed by atoms with van der Waals surface area (Å²) >= 11 is 3.08. The molecule has 0 fully saturated rings. The Bertz CT molecular complexity index is 664. The highest BCUT2D eigenvalue weighted by Gasteiger charge is 2.16. The SMILES string of the molecule is C=CCn1c(SCC(=O)OCC)nnc1-c1csc(CCC)c1. The third kappa shape index (κ3) is 4.68. The van der Waals surface area contributed by atoms with Crippen LogP contribution in [0.15, 0.2) is 29.3 Å². The molecule has 0 aromatic carbocycles. The number of carbonyl (C=O) groups excluding carboxylic acids is 1. The van der Waals surface area contributed by atoms with Gasteiger partial charge in [-0.15, -0.1) is 28.1 Å². The van der Waals surface area contributed by atoms with Crippen molar-refractivity contribution in [1.29, 1.82) is 0 Å². The lowest BCUT2D eigenvalue weighted by Crippen LogP contribution is -2.08. The normalized spacial score (nSPS) is 10.7. The van der Waals surface area contributed by atoms with Crippen molar-refractivity contribution < 1.29 is 9.53 Å². The van der Waals surface area contributed by atoms with Gasteiger partial charge in [-0.3, -0.25) is 9.36 Å². The number of carbonyl (C=O) groups is 1. The van der Waals surface area contributed by atoms with E-state index in [-0.39, 0.29) is 11.7 Å². The van der Waals surface area contributed by atoms with Crippen LogP contribution in [0.3, 0.4) is 0 Å². The predicted molar refractivity (Wildman–Crippen MR) is 94.9 cm³/mol. The summed E-state index contributed by atoms with van der Waals surface area (Å²) in [5.41, 5.74) is 1.07. The highest BCUT2D eigenvalue weighted by atomic mass is 32.2. The fraction of sp³-hybridized carbons (Fsp3) is 0.438. The monoisotopic (exact) mass is 351 g/mol. The van der Waals surface area contributed by atoms with Crippen LogP contribution in [-0.4, -0.2) is 33.1 Å². The maximum absolute atomic E-state index is 11.5. The fourth-order valence-corrected chi connectivity index (χ4v) is 3.82. The molecule has 124 valence electrons. The van der Waals surface area contributed by atoms with Gasteiger partial charge in [0.1, 0.15) is 0 Å². The number of allylic oxidation sites excluding steroid dienone is 1. The summed E-state index contributed by atoms with van der Waals surface area (Å²) in [7, 11) is 0. The second-order valence-electron chi connectivity index (χ2n) is 4.85. The molecule has 0 spiro atoms. The fourth-order valence-electron chi connectivity index (χ4n) is 2.10. The third-order valence-corrected chi connectivity index (χ3v) is 5.00. The summed E-state index contributed by atoms with van der Waals surface area (Å²) in [6.45, 7) is 8.76. The van der Waals surface area contributed by atoms with Crippen molar-refractivity contribution in [2.75, 3.05) is 12.4 Å². The van der Waals surface area contributed by atoms with E-state index in [2.05, 4.69) is 35.1 Å². The van der Waals surface area contributed by atoms with Crippen LogP contribution in [0.25, 0.3) is 11.4 Å². The Hall–Kier alpha value is -1.60. The molecule has 2 aromatic rings. The Kier molecular flexibility index (Phi) is 6.85. The minimum absolute atomic E-state index is 0.230. The van der Waals surface area contributed by atoms with Gasteiger partial charge in [-0.1, -0.05) is 31.2 Å². The van der Waals surface area contributed by atoms with Gasteiger partial charge in [0.25, 0.3) is 0 Å². The van der Waals surface area contributed by atoms with Crippen molar-refractivity contribution in [2.45, 2.75) is 38.4 Å². The molecular weight excluding hydrogens is 330 g/mol. The molecule has 0 saturated carbocycles. The van der Waals surface area contributed by atoms with E-state index in [4.69, 9.17) is 4.74 Å². The van der Waals surface area contributed by atoms with Crippen LogP contribution in [0.4, 0.5) is 0 Å². The van der Waals surface area contributed by atoms with E-state index in [1.807, 2.05) is 4.57 Å². The molecule has 0 bridgehead atoms. The number of hydrogen-bond donors (Lipinski definition) is 0. The lowest BCUT2D eigenvalue weighted by molar-refractivity contribution is -0.139. The zero-order chi connectivity index (χ0) is 16.7. The molecule has 0 N–H and O–H groups in total. The van der Waals surface area contributed by atoms with Gasteiger partial charge in [0.15, 0.2) is 11.0 Å². The maximum atomic E-state index is 11.5. The van der Waals surface area contributed by atoms with Crippen molar-refractivity contribution >= 4 is 29.1 Å². The van der Waals surface area contributed by atoms with Crippen molar-refractivity contribution in [3.63, 3.8) is 0 Å². The van der Waals surface area contributed by atoms with Gasteiger partial charge in [0, 0.05) is 22.4 Å². The minimum atomic E-state index is -0.243. The first kappa shape index (κ1) is 17.7. The minimum Gasteiger partial charge on any atom is -0.465 e. The molecule has 2 heterocycles. The Morgan fingerprint density at radius 1 is 1.48 bits per heavy atom. The van der Waals surface area contributed by atoms with Crippen molar-refractivity contribution in [3.8, 4) is 11.4 Å². The topological polar surface area (TPSA) is 57.0 Å². The van der Waals surface area contributed by atoms with Gasteiger partial charge in [0.05, 0.1) is 12.4 Å². The van der Waals surface area contributed by atoms with Gasteiger partial charge in [-0.25, -0.2) is 0 Å². The molecule has 0 amide bonds. The average molecular weight is 351 g/mol. The van der Waals surface area contributed by atoms with E-state index in [9.17, 15) is 4.79 Å². The number of nitrogens with zero attached hydrogens (tertiary/aromatic N) is 3. The molecule has 23 heavy (non-hydrogen) atoms. The van der Waals surface area contributed by atoms with Gasteiger partial charge in [0.2, 0.25) is 0 Å².